The summed E-state index contributed by atoms with van der Waals surface area (Å²) in [5.41, 5.74) is 1.90. The predicted molar refractivity (Wildman–Crippen MR) is 94.0 cm³/mol. The van der Waals surface area contributed by atoms with Gasteiger partial charge in [0.05, 0.1) is 19.8 Å². The highest BCUT2D eigenvalue weighted by atomic mass is 16.7. The van der Waals surface area contributed by atoms with Crippen LogP contribution in [0.25, 0.3) is 0 Å². The molecule has 3 rings (SSSR count). The van der Waals surface area contributed by atoms with Crippen LogP contribution in [0.15, 0.2) is 60.7 Å². The molecule has 0 amide bonds. The van der Waals surface area contributed by atoms with E-state index in [9.17, 15) is 15.3 Å². The van der Waals surface area contributed by atoms with Crippen LogP contribution in [-0.4, -0.2) is 52.6 Å². The van der Waals surface area contributed by atoms with Gasteiger partial charge < -0.3 is 29.5 Å². The summed E-state index contributed by atoms with van der Waals surface area (Å²) in [6, 6.07) is 19.1. The van der Waals surface area contributed by atoms with Crippen molar-refractivity contribution in [1.29, 1.82) is 0 Å². The van der Waals surface area contributed by atoms with E-state index in [2.05, 4.69) is 0 Å². The van der Waals surface area contributed by atoms with Crippen molar-refractivity contribution in [2.75, 3.05) is 6.61 Å². The smallest absolute Gasteiger partial charge is 0.184 e. The van der Waals surface area contributed by atoms with Crippen molar-refractivity contribution in [1.82, 2.24) is 0 Å². The summed E-state index contributed by atoms with van der Waals surface area (Å²) in [6.45, 7) is 0.0640. The van der Waals surface area contributed by atoms with Crippen molar-refractivity contribution < 1.29 is 29.5 Å². The van der Waals surface area contributed by atoms with Gasteiger partial charge in [-0.15, -0.1) is 0 Å². The van der Waals surface area contributed by atoms with Gasteiger partial charge in [-0.05, 0) is 11.1 Å². The first-order valence-electron chi connectivity index (χ1n) is 8.62. The van der Waals surface area contributed by atoms with E-state index in [0.717, 1.165) is 11.1 Å². The summed E-state index contributed by atoms with van der Waals surface area (Å²) in [7, 11) is 0. The maximum Gasteiger partial charge on any atom is 0.184 e. The van der Waals surface area contributed by atoms with Crippen molar-refractivity contribution in [2.45, 2.75) is 43.9 Å². The van der Waals surface area contributed by atoms with Gasteiger partial charge in [-0.2, -0.15) is 0 Å². The Bertz CT molecular complexity index is 650. The molecule has 5 atom stereocenters. The summed E-state index contributed by atoms with van der Waals surface area (Å²) in [5.74, 6) is 0. The molecule has 0 spiro atoms. The molecule has 1 fully saturated rings. The molecule has 0 unspecified atom stereocenters. The van der Waals surface area contributed by atoms with Crippen molar-refractivity contribution in [3.63, 3.8) is 0 Å². The lowest BCUT2D eigenvalue weighted by Gasteiger charge is -2.25. The molecule has 1 saturated heterocycles. The molecule has 3 N–H and O–H groups in total. The van der Waals surface area contributed by atoms with Gasteiger partial charge in [-0.3, -0.25) is 0 Å². The van der Waals surface area contributed by atoms with Gasteiger partial charge in [0, 0.05) is 0 Å². The molecular weight excluding hydrogens is 336 g/mol. The maximum absolute atomic E-state index is 10.2. The number of ether oxygens (including phenoxy) is 3. The van der Waals surface area contributed by atoms with Crippen LogP contribution in [0.5, 0.6) is 0 Å². The molecule has 0 radical (unpaired) electrons. The molecule has 26 heavy (non-hydrogen) atoms. The van der Waals surface area contributed by atoms with E-state index in [0.29, 0.717) is 0 Å². The van der Waals surface area contributed by atoms with E-state index in [-0.39, 0.29) is 13.2 Å². The van der Waals surface area contributed by atoms with Crippen LogP contribution in [0, 0.1) is 0 Å². The van der Waals surface area contributed by atoms with E-state index >= 15 is 0 Å². The second-order valence-corrected chi connectivity index (χ2v) is 6.26. The fraction of sp³-hybridized carbons (Fsp3) is 0.400. The SMILES string of the molecule is OC[C@H](O)[C@@H]1O[C@@H](O)[C@H](OCc2ccccc2)[C@H]1OCc1ccccc1. The molecule has 1 heterocycles. The number of aliphatic hydroxyl groups is 3. The molecule has 0 aliphatic carbocycles. The van der Waals surface area contributed by atoms with Crippen LogP contribution < -0.4 is 0 Å². The van der Waals surface area contributed by atoms with Crippen LogP contribution in [0.3, 0.4) is 0 Å². The zero-order valence-corrected chi connectivity index (χ0v) is 14.3. The molecule has 0 bridgehead atoms. The number of rotatable bonds is 8. The number of hydrogen-bond acceptors (Lipinski definition) is 6. The highest BCUT2D eigenvalue weighted by molar-refractivity contribution is 5.14. The largest absolute Gasteiger partial charge is 0.394 e. The minimum atomic E-state index is -1.24. The fourth-order valence-corrected chi connectivity index (χ4v) is 2.98. The zero-order valence-electron chi connectivity index (χ0n) is 14.3. The Kier molecular flexibility index (Phi) is 6.73. The molecule has 140 valence electrons. The third kappa shape index (κ3) is 4.67. The summed E-state index contributed by atoms with van der Waals surface area (Å²) in [5, 5.41) is 29.5. The average molecular weight is 360 g/mol. The predicted octanol–water partition coefficient (Wildman–Crippen LogP) is 1.23. The molecule has 1 aliphatic heterocycles. The number of benzene rings is 2. The summed E-state index contributed by atoms with van der Waals surface area (Å²) in [4.78, 5) is 0. The Morgan fingerprint density at radius 2 is 1.35 bits per heavy atom. The molecule has 2 aromatic carbocycles. The first-order valence-corrected chi connectivity index (χ1v) is 8.62. The van der Waals surface area contributed by atoms with Crippen molar-refractivity contribution >= 4 is 0 Å². The van der Waals surface area contributed by atoms with Gasteiger partial charge >= 0.3 is 0 Å². The Morgan fingerprint density at radius 1 is 0.846 bits per heavy atom. The third-order valence-electron chi connectivity index (χ3n) is 4.36. The van der Waals surface area contributed by atoms with Gasteiger partial charge in [-0.1, -0.05) is 60.7 Å². The molecule has 1 aliphatic rings. The molecule has 0 aromatic heterocycles. The quantitative estimate of drug-likeness (QED) is 0.656. The number of aliphatic hydroxyl groups excluding tert-OH is 3. The number of hydrogen-bond donors (Lipinski definition) is 3. The van der Waals surface area contributed by atoms with Crippen molar-refractivity contribution in [3.8, 4) is 0 Å². The Balaban J connectivity index is 1.69. The highest BCUT2D eigenvalue weighted by Crippen LogP contribution is 2.29. The lowest BCUT2D eigenvalue weighted by Crippen LogP contribution is -2.43. The van der Waals surface area contributed by atoms with Gasteiger partial charge in [0.25, 0.3) is 0 Å². The normalized spacial score (nSPS) is 26.7. The topological polar surface area (TPSA) is 88.4 Å². The van der Waals surface area contributed by atoms with Gasteiger partial charge in [0.1, 0.15) is 24.4 Å². The van der Waals surface area contributed by atoms with E-state index in [1.165, 1.54) is 0 Å². The third-order valence-corrected chi connectivity index (χ3v) is 4.36. The second kappa shape index (κ2) is 9.23. The first kappa shape index (κ1) is 19.0. The van der Waals surface area contributed by atoms with E-state index in [1.54, 1.807) is 0 Å². The Hall–Kier alpha value is -1.80. The summed E-state index contributed by atoms with van der Waals surface area (Å²) >= 11 is 0. The summed E-state index contributed by atoms with van der Waals surface area (Å²) in [6.07, 6.45) is -4.78. The Labute approximate surface area is 152 Å². The monoisotopic (exact) mass is 360 g/mol. The van der Waals surface area contributed by atoms with Crippen LogP contribution in [-0.2, 0) is 27.4 Å². The van der Waals surface area contributed by atoms with Crippen LogP contribution in [0.2, 0.25) is 0 Å². The lowest BCUT2D eigenvalue weighted by atomic mass is 10.1. The minimum Gasteiger partial charge on any atom is -0.394 e. The molecule has 2 aromatic rings. The van der Waals surface area contributed by atoms with Gasteiger partial charge in [0.15, 0.2) is 6.29 Å². The standard InChI is InChI=1S/C20H24O6/c21-11-16(22)17-18(24-12-14-7-3-1-4-8-14)19(20(23)26-17)25-13-15-9-5-2-6-10-15/h1-10,16-23H,11-13H2/t16-,17-,18-,19+,20+/m0/s1. The van der Waals surface area contributed by atoms with Crippen molar-refractivity contribution in [3.05, 3.63) is 71.8 Å². The zero-order chi connectivity index (χ0) is 18.4. The molecule has 6 nitrogen and oxygen atoms in total. The molecule has 0 saturated carbocycles. The minimum absolute atomic E-state index is 0.277. The average Bonchev–Trinajstić information content (AvgIpc) is 3.01. The van der Waals surface area contributed by atoms with E-state index in [4.69, 9.17) is 14.2 Å². The van der Waals surface area contributed by atoms with E-state index in [1.807, 2.05) is 60.7 Å². The lowest BCUT2D eigenvalue weighted by molar-refractivity contribution is -0.160. The summed E-state index contributed by atoms with van der Waals surface area (Å²) < 4.78 is 17.2. The van der Waals surface area contributed by atoms with Crippen LogP contribution in [0.1, 0.15) is 11.1 Å². The molecule has 6 heteroatoms. The van der Waals surface area contributed by atoms with Crippen molar-refractivity contribution in [2.24, 2.45) is 0 Å². The fourth-order valence-electron chi connectivity index (χ4n) is 2.98. The Morgan fingerprint density at radius 3 is 1.85 bits per heavy atom. The van der Waals surface area contributed by atoms with Gasteiger partial charge in [0.2, 0.25) is 0 Å². The van der Waals surface area contributed by atoms with Gasteiger partial charge in [-0.25, -0.2) is 0 Å². The first-order chi connectivity index (χ1) is 12.7. The van der Waals surface area contributed by atoms with E-state index < -0.39 is 37.3 Å². The van der Waals surface area contributed by atoms with Crippen LogP contribution >= 0.6 is 0 Å². The molecular formula is C20H24O6. The van der Waals surface area contributed by atoms with Crippen LogP contribution in [0.4, 0.5) is 0 Å². The highest BCUT2D eigenvalue weighted by Gasteiger charge is 2.48. The maximum atomic E-state index is 10.2. The second-order valence-electron chi connectivity index (χ2n) is 6.26.